The van der Waals surface area contributed by atoms with E-state index in [1.807, 2.05) is 0 Å². The normalized spacial score (nSPS) is 29.7. The molecule has 88 valence electrons. The van der Waals surface area contributed by atoms with Crippen LogP contribution in [-0.2, 0) is 0 Å². The first kappa shape index (κ1) is 11.7. The minimum Gasteiger partial charge on any atom is -0.0625 e. The average molecular weight is 216 g/mol. The zero-order valence-electron chi connectivity index (χ0n) is 10.9. The highest BCUT2D eigenvalue weighted by atomic mass is 14.3. The Morgan fingerprint density at radius 2 is 1.69 bits per heavy atom. The second-order valence-electron chi connectivity index (χ2n) is 6.36. The maximum Gasteiger partial charge on any atom is -0.0157 e. The molecule has 1 aliphatic carbocycles. The van der Waals surface area contributed by atoms with E-state index >= 15 is 0 Å². The third kappa shape index (κ3) is 2.87. The van der Waals surface area contributed by atoms with E-state index < -0.39 is 0 Å². The Morgan fingerprint density at radius 3 is 2.38 bits per heavy atom. The van der Waals surface area contributed by atoms with Crippen LogP contribution in [0.25, 0.3) is 0 Å². The van der Waals surface area contributed by atoms with Gasteiger partial charge in [-0.15, -0.1) is 0 Å². The maximum atomic E-state index is 2.44. The quantitative estimate of drug-likeness (QED) is 0.579. The standard InChI is InChI=1S/C16H24/c1-13-9-10-15(12-16(2,3)11-13)14-7-5-4-6-8-14/h4-8,13,15H,9-12H2,1-3H3. The van der Waals surface area contributed by atoms with Crippen molar-refractivity contribution in [2.45, 2.75) is 52.4 Å². The van der Waals surface area contributed by atoms with Crippen LogP contribution >= 0.6 is 0 Å². The average Bonchev–Trinajstić information content (AvgIpc) is 2.37. The SMILES string of the molecule is CC1CCC(c2ccccc2)CC(C)(C)C1. The van der Waals surface area contributed by atoms with E-state index in [4.69, 9.17) is 0 Å². The fraction of sp³-hybridized carbons (Fsp3) is 0.625. The van der Waals surface area contributed by atoms with Gasteiger partial charge in [-0.1, -0.05) is 57.5 Å². The monoisotopic (exact) mass is 216 g/mol. The molecule has 0 nitrogen and oxygen atoms in total. The van der Waals surface area contributed by atoms with E-state index in [2.05, 4.69) is 51.1 Å². The van der Waals surface area contributed by atoms with E-state index in [-0.39, 0.29) is 0 Å². The summed E-state index contributed by atoms with van der Waals surface area (Å²) in [7, 11) is 0. The molecule has 2 unspecified atom stereocenters. The van der Waals surface area contributed by atoms with Gasteiger partial charge in [0, 0.05) is 0 Å². The topological polar surface area (TPSA) is 0 Å². The van der Waals surface area contributed by atoms with Crippen molar-refractivity contribution < 1.29 is 0 Å². The lowest BCUT2D eigenvalue weighted by Gasteiger charge is -2.27. The smallest absolute Gasteiger partial charge is 0.0157 e. The molecule has 0 spiro atoms. The van der Waals surface area contributed by atoms with Gasteiger partial charge in [0.25, 0.3) is 0 Å². The third-order valence-electron chi connectivity index (χ3n) is 3.98. The van der Waals surface area contributed by atoms with Gasteiger partial charge in [-0.25, -0.2) is 0 Å². The molecule has 16 heavy (non-hydrogen) atoms. The summed E-state index contributed by atoms with van der Waals surface area (Å²) in [6.07, 6.45) is 5.50. The number of hydrogen-bond donors (Lipinski definition) is 0. The first-order valence-electron chi connectivity index (χ1n) is 6.62. The van der Waals surface area contributed by atoms with E-state index in [9.17, 15) is 0 Å². The molecule has 1 aliphatic rings. The molecule has 0 radical (unpaired) electrons. The second kappa shape index (κ2) is 4.61. The fourth-order valence-electron chi connectivity index (χ4n) is 3.39. The van der Waals surface area contributed by atoms with Crippen LogP contribution in [0.4, 0.5) is 0 Å². The Hall–Kier alpha value is -0.780. The minimum absolute atomic E-state index is 0.510. The van der Waals surface area contributed by atoms with E-state index in [1.165, 1.54) is 25.7 Å². The van der Waals surface area contributed by atoms with Gasteiger partial charge in [0.15, 0.2) is 0 Å². The van der Waals surface area contributed by atoms with Crippen molar-refractivity contribution in [3.8, 4) is 0 Å². The van der Waals surface area contributed by atoms with Crippen molar-refractivity contribution in [1.29, 1.82) is 0 Å². The summed E-state index contributed by atoms with van der Waals surface area (Å²) < 4.78 is 0. The molecule has 1 saturated carbocycles. The molecule has 1 aromatic rings. The number of rotatable bonds is 1. The molecule has 0 heteroatoms. The molecule has 0 heterocycles. The zero-order valence-corrected chi connectivity index (χ0v) is 10.9. The second-order valence-corrected chi connectivity index (χ2v) is 6.36. The van der Waals surface area contributed by atoms with Gasteiger partial charge in [0.2, 0.25) is 0 Å². The van der Waals surface area contributed by atoms with Crippen molar-refractivity contribution in [3.63, 3.8) is 0 Å². The molecular weight excluding hydrogens is 192 g/mol. The summed E-state index contributed by atoms with van der Waals surface area (Å²) in [5.74, 6) is 1.67. The molecular formula is C16H24. The van der Waals surface area contributed by atoms with Crippen molar-refractivity contribution in [3.05, 3.63) is 35.9 Å². The Balaban J connectivity index is 2.17. The fourth-order valence-corrected chi connectivity index (χ4v) is 3.39. The van der Waals surface area contributed by atoms with E-state index in [1.54, 1.807) is 5.56 Å². The van der Waals surface area contributed by atoms with Gasteiger partial charge in [-0.05, 0) is 42.1 Å². The van der Waals surface area contributed by atoms with Crippen LogP contribution in [0.2, 0.25) is 0 Å². The molecule has 0 aromatic heterocycles. The Morgan fingerprint density at radius 1 is 1.00 bits per heavy atom. The molecule has 0 saturated heterocycles. The van der Waals surface area contributed by atoms with E-state index in [0.717, 1.165) is 11.8 Å². The van der Waals surface area contributed by atoms with E-state index in [0.29, 0.717) is 5.41 Å². The highest BCUT2D eigenvalue weighted by Gasteiger charge is 2.29. The molecule has 0 N–H and O–H groups in total. The van der Waals surface area contributed by atoms with Gasteiger partial charge in [0.1, 0.15) is 0 Å². The van der Waals surface area contributed by atoms with Gasteiger partial charge in [0.05, 0.1) is 0 Å². The lowest BCUT2D eigenvalue weighted by atomic mass is 9.78. The molecule has 0 aliphatic heterocycles. The lowest BCUT2D eigenvalue weighted by molar-refractivity contribution is 0.268. The highest BCUT2D eigenvalue weighted by Crippen LogP contribution is 2.43. The summed E-state index contributed by atoms with van der Waals surface area (Å²) in [6, 6.07) is 11.1. The number of benzene rings is 1. The third-order valence-corrected chi connectivity index (χ3v) is 3.98. The van der Waals surface area contributed by atoms with Crippen LogP contribution in [0.1, 0.15) is 57.9 Å². The Labute approximate surface area is 100 Å². The van der Waals surface area contributed by atoms with Crippen LogP contribution in [0.3, 0.4) is 0 Å². The maximum absolute atomic E-state index is 2.44. The first-order valence-corrected chi connectivity index (χ1v) is 6.62. The van der Waals surface area contributed by atoms with Gasteiger partial charge < -0.3 is 0 Å². The minimum atomic E-state index is 0.510. The largest absolute Gasteiger partial charge is 0.0625 e. The van der Waals surface area contributed by atoms with Gasteiger partial charge in [-0.2, -0.15) is 0 Å². The van der Waals surface area contributed by atoms with Gasteiger partial charge in [-0.3, -0.25) is 0 Å². The highest BCUT2D eigenvalue weighted by molar-refractivity contribution is 5.20. The van der Waals surface area contributed by atoms with Crippen molar-refractivity contribution in [2.24, 2.45) is 11.3 Å². The zero-order chi connectivity index (χ0) is 11.6. The summed E-state index contributed by atoms with van der Waals surface area (Å²) in [6.45, 7) is 7.28. The van der Waals surface area contributed by atoms with Crippen LogP contribution in [0.15, 0.2) is 30.3 Å². The predicted octanol–water partition coefficient (Wildman–Crippen LogP) is 5.01. The molecule has 2 rings (SSSR count). The van der Waals surface area contributed by atoms with Crippen LogP contribution in [0, 0.1) is 11.3 Å². The molecule has 1 fully saturated rings. The Bertz CT molecular complexity index is 323. The predicted molar refractivity (Wildman–Crippen MR) is 70.6 cm³/mol. The van der Waals surface area contributed by atoms with Gasteiger partial charge >= 0.3 is 0 Å². The molecule has 0 amide bonds. The van der Waals surface area contributed by atoms with Crippen LogP contribution < -0.4 is 0 Å². The Kier molecular flexibility index (Phi) is 3.37. The van der Waals surface area contributed by atoms with Crippen molar-refractivity contribution in [2.75, 3.05) is 0 Å². The molecule has 1 aromatic carbocycles. The number of hydrogen-bond acceptors (Lipinski definition) is 0. The summed E-state index contributed by atoms with van der Waals surface area (Å²) >= 11 is 0. The molecule has 2 atom stereocenters. The lowest BCUT2D eigenvalue weighted by Crippen LogP contribution is -2.15. The van der Waals surface area contributed by atoms with Crippen LogP contribution in [0.5, 0.6) is 0 Å². The van der Waals surface area contributed by atoms with Crippen molar-refractivity contribution in [1.82, 2.24) is 0 Å². The first-order chi connectivity index (χ1) is 7.57. The van der Waals surface area contributed by atoms with Crippen LogP contribution in [-0.4, -0.2) is 0 Å². The van der Waals surface area contributed by atoms with Crippen molar-refractivity contribution >= 4 is 0 Å². The summed E-state index contributed by atoms with van der Waals surface area (Å²) in [4.78, 5) is 0. The summed E-state index contributed by atoms with van der Waals surface area (Å²) in [5, 5.41) is 0. The summed E-state index contributed by atoms with van der Waals surface area (Å²) in [5.41, 5.74) is 2.06. The molecule has 0 bridgehead atoms.